The van der Waals surface area contributed by atoms with Gasteiger partial charge in [-0.2, -0.15) is 0 Å². The maximum absolute atomic E-state index is 4.13. The molecule has 1 aromatic heterocycles. The summed E-state index contributed by atoms with van der Waals surface area (Å²) >= 11 is 3.30. The molecule has 0 aromatic carbocycles. The Morgan fingerprint density at radius 3 is 2.92 bits per heavy atom. The average Bonchev–Trinajstić information content (AvgIpc) is 2.09. The van der Waals surface area contributed by atoms with Crippen molar-refractivity contribution in [3.05, 3.63) is 28.5 Å². The van der Waals surface area contributed by atoms with E-state index in [9.17, 15) is 0 Å². The Morgan fingerprint density at radius 1 is 1.50 bits per heavy atom. The number of hydrogen-bond donors (Lipinski definition) is 1. The van der Waals surface area contributed by atoms with E-state index >= 15 is 0 Å². The number of pyridine rings is 1. The van der Waals surface area contributed by atoms with Crippen LogP contribution < -0.4 is 5.32 Å². The summed E-state index contributed by atoms with van der Waals surface area (Å²) in [4.78, 5) is 4.13. The molecule has 0 radical (unpaired) electrons. The minimum Gasteiger partial charge on any atom is -0.313 e. The molecular formula is C9H13BrN2. The van der Waals surface area contributed by atoms with E-state index in [0.717, 1.165) is 17.7 Å². The van der Waals surface area contributed by atoms with E-state index in [1.807, 2.05) is 12.3 Å². The zero-order chi connectivity index (χ0) is 8.81. The number of halogens is 1. The van der Waals surface area contributed by atoms with E-state index in [4.69, 9.17) is 0 Å². The van der Waals surface area contributed by atoms with Gasteiger partial charge in [0.25, 0.3) is 0 Å². The molecule has 0 amide bonds. The number of hydrogen-bond acceptors (Lipinski definition) is 2. The van der Waals surface area contributed by atoms with Crippen molar-refractivity contribution < 1.29 is 0 Å². The summed E-state index contributed by atoms with van der Waals surface area (Å²) in [6.45, 7) is 4.14. The molecule has 0 atom stereocenters. The quantitative estimate of drug-likeness (QED) is 0.633. The Hall–Kier alpha value is -0.410. The van der Waals surface area contributed by atoms with Gasteiger partial charge in [-0.05, 0) is 40.5 Å². The molecule has 12 heavy (non-hydrogen) atoms. The van der Waals surface area contributed by atoms with Gasteiger partial charge < -0.3 is 5.32 Å². The smallest absolute Gasteiger partial charge is 0.106 e. The summed E-state index contributed by atoms with van der Waals surface area (Å²) in [7, 11) is 0. The van der Waals surface area contributed by atoms with Crippen molar-refractivity contribution in [2.45, 2.75) is 19.9 Å². The zero-order valence-electron chi connectivity index (χ0n) is 7.18. The Labute approximate surface area is 81.5 Å². The highest BCUT2D eigenvalue weighted by Gasteiger charge is 1.91. The van der Waals surface area contributed by atoms with Crippen molar-refractivity contribution in [1.82, 2.24) is 10.3 Å². The molecular weight excluding hydrogens is 216 g/mol. The lowest BCUT2D eigenvalue weighted by Crippen LogP contribution is -2.13. The third-order valence-corrected chi connectivity index (χ3v) is 2.01. The monoisotopic (exact) mass is 228 g/mol. The molecule has 0 aliphatic carbocycles. The topological polar surface area (TPSA) is 24.9 Å². The van der Waals surface area contributed by atoms with Gasteiger partial charge in [-0.3, -0.25) is 0 Å². The SMILES string of the molecule is CCCNCc1ccc(Br)nc1. The maximum atomic E-state index is 4.13. The van der Waals surface area contributed by atoms with E-state index < -0.39 is 0 Å². The fraction of sp³-hybridized carbons (Fsp3) is 0.444. The van der Waals surface area contributed by atoms with E-state index in [-0.39, 0.29) is 0 Å². The molecule has 0 aliphatic heterocycles. The largest absolute Gasteiger partial charge is 0.313 e. The number of nitrogens with one attached hydrogen (secondary N) is 1. The van der Waals surface area contributed by atoms with Gasteiger partial charge in [0.15, 0.2) is 0 Å². The van der Waals surface area contributed by atoms with E-state index in [1.54, 1.807) is 0 Å². The second-order valence-corrected chi connectivity index (χ2v) is 3.48. The van der Waals surface area contributed by atoms with Crippen LogP contribution in [-0.2, 0) is 6.54 Å². The second-order valence-electron chi connectivity index (χ2n) is 2.67. The van der Waals surface area contributed by atoms with Crippen molar-refractivity contribution in [3.8, 4) is 0 Å². The molecule has 0 aliphatic rings. The first-order valence-corrected chi connectivity index (χ1v) is 4.93. The van der Waals surface area contributed by atoms with Gasteiger partial charge in [-0.1, -0.05) is 13.0 Å². The molecule has 0 bridgehead atoms. The van der Waals surface area contributed by atoms with Crippen LogP contribution in [0.1, 0.15) is 18.9 Å². The summed E-state index contributed by atoms with van der Waals surface area (Å²) < 4.78 is 0.891. The van der Waals surface area contributed by atoms with E-state index in [0.29, 0.717) is 0 Å². The molecule has 3 heteroatoms. The molecule has 1 rings (SSSR count). The van der Waals surface area contributed by atoms with Crippen LogP contribution in [0.5, 0.6) is 0 Å². The highest BCUT2D eigenvalue weighted by atomic mass is 79.9. The predicted molar refractivity (Wildman–Crippen MR) is 53.9 cm³/mol. The molecule has 0 unspecified atom stereocenters. The van der Waals surface area contributed by atoms with Crippen molar-refractivity contribution in [2.75, 3.05) is 6.54 Å². The summed E-state index contributed by atoms with van der Waals surface area (Å²) in [5.41, 5.74) is 1.23. The third kappa shape index (κ3) is 3.32. The van der Waals surface area contributed by atoms with Gasteiger partial charge in [0.2, 0.25) is 0 Å². The molecule has 1 N–H and O–H groups in total. The van der Waals surface area contributed by atoms with Gasteiger partial charge in [-0.15, -0.1) is 0 Å². The lowest BCUT2D eigenvalue weighted by molar-refractivity contribution is 0.674. The zero-order valence-corrected chi connectivity index (χ0v) is 8.76. The van der Waals surface area contributed by atoms with Crippen molar-refractivity contribution in [1.29, 1.82) is 0 Å². The standard InChI is InChI=1S/C9H13BrN2/c1-2-5-11-6-8-3-4-9(10)12-7-8/h3-4,7,11H,2,5-6H2,1H3. The van der Waals surface area contributed by atoms with Gasteiger partial charge in [0.05, 0.1) is 0 Å². The molecule has 1 aromatic rings. The van der Waals surface area contributed by atoms with Crippen LogP contribution in [0.4, 0.5) is 0 Å². The van der Waals surface area contributed by atoms with Crippen LogP contribution in [0.3, 0.4) is 0 Å². The Bertz CT molecular complexity index is 220. The number of nitrogens with zero attached hydrogens (tertiary/aromatic N) is 1. The van der Waals surface area contributed by atoms with E-state index in [1.165, 1.54) is 12.0 Å². The molecule has 66 valence electrons. The molecule has 0 spiro atoms. The number of rotatable bonds is 4. The van der Waals surface area contributed by atoms with Crippen LogP contribution >= 0.6 is 15.9 Å². The van der Waals surface area contributed by atoms with Crippen LogP contribution in [-0.4, -0.2) is 11.5 Å². The fourth-order valence-electron chi connectivity index (χ4n) is 0.921. The summed E-state index contributed by atoms with van der Waals surface area (Å²) in [5.74, 6) is 0. The third-order valence-electron chi connectivity index (χ3n) is 1.54. The maximum Gasteiger partial charge on any atom is 0.106 e. The van der Waals surface area contributed by atoms with Crippen molar-refractivity contribution in [3.63, 3.8) is 0 Å². The van der Waals surface area contributed by atoms with Crippen molar-refractivity contribution >= 4 is 15.9 Å². The first-order valence-electron chi connectivity index (χ1n) is 4.14. The highest BCUT2D eigenvalue weighted by Crippen LogP contribution is 2.05. The number of aromatic nitrogens is 1. The van der Waals surface area contributed by atoms with Gasteiger partial charge >= 0.3 is 0 Å². The molecule has 0 saturated heterocycles. The summed E-state index contributed by atoms with van der Waals surface area (Å²) in [6, 6.07) is 4.03. The average molecular weight is 229 g/mol. The van der Waals surface area contributed by atoms with Crippen LogP contribution in [0.15, 0.2) is 22.9 Å². The Kier molecular flexibility index (Phi) is 4.25. The van der Waals surface area contributed by atoms with Gasteiger partial charge in [0, 0.05) is 12.7 Å². The van der Waals surface area contributed by atoms with Crippen LogP contribution in [0.25, 0.3) is 0 Å². The molecule has 2 nitrogen and oxygen atoms in total. The predicted octanol–water partition coefficient (Wildman–Crippen LogP) is 2.34. The second kappa shape index (κ2) is 5.27. The lowest BCUT2D eigenvalue weighted by Gasteiger charge is -2.01. The summed E-state index contributed by atoms with van der Waals surface area (Å²) in [5, 5.41) is 3.32. The van der Waals surface area contributed by atoms with Crippen LogP contribution in [0.2, 0.25) is 0 Å². The normalized spacial score (nSPS) is 10.2. The fourth-order valence-corrected chi connectivity index (χ4v) is 1.16. The summed E-state index contributed by atoms with van der Waals surface area (Å²) in [6.07, 6.45) is 3.05. The van der Waals surface area contributed by atoms with Gasteiger partial charge in [0.1, 0.15) is 4.60 Å². The first-order chi connectivity index (χ1) is 5.83. The Morgan fingerprint density at radius 2 is 2.33 bits per heavy atom. The van der Waals surface area contributed by atoms with Crippen molar-refractivity contribution in [2.24, 2.45) is 0 Å². The Balaban J connectivity index is 2.37. The van der Waals surface area contributed by atoms with Gasteiger partial charge in [-0.25, -0.2) is 4.98 Å². The minimum atomic E-state index is 0.891. The highest BCUT2D eigenvalue weighted by molar-refractivity contribution is 9.10. The molecule has 0 fully saturated rings. The van der Waals surface area contributed by atoms with E-state index in [2.05, 4.69) is 39.2 Å². The minimum absolute atomic E-state index is 0.891. The lowest BCUT2D eigenvalue weighted by atomic mass is 10.3. The molecule has 0 saturated carbocycles. The molecule has 1 heterocycles. The van der Waals surface area contributed by atoms with Crippen LogP contribution in [0, 0.1) is 0 Å². The first kappa shape index (κ1) is 9.68.